The second kappa shape index (κ2) is 4.08. The third-order valence-corrected chi connectivity index (χ3v) is 4.74. The van der Waals surface area contributed by atoms with Crippen LogP contribution in [0.1, 0.15) is 24.3 Å². The fraction of sp³-hybridized carbons (Fsp3) is 0.667. The van der Waals surface area contributed by atoms with Gasteiger partial charge in [-0.05, 0) is 54.8 Å². The number of halogens is 1. The molecule has 2 N–H and O–H groups in total. The van der Waals surface area contributed by atoms with Crippen molar-refractivity contribution >= 4 is 21.6 Å². The van der Waals surface area contributed by atoms with E-state index in [-0.39, 0.29) is 0 Å². The summed E-state index contributed by atoms with van der Waals surface area (Å²) in [5.41, 5.74) is 2.78. The molecule has 4 heteroatoms. The lowest BCUT2D eigenvalue weighted by atomic mass is 9.82. The average Bonchev–Trinajstić information content (AvgIpc) is 2.84. The molecule has 88 valence electrons. The number of nitrogens with zero attached hydrogens (tertiary/aromatic N) is 1. The molecule has 1 atom stereocenters. The van der Waals surface area contributed by atoms with E-state index < -0.39 is 0 Å². The van der Waals surface area contributed by atoms with E-state index in [0.717, 1.165) is 12.5 Å². The number of anilines is 1. The van der Waals surface area contributed by atoms with Crippen molar-refractivity contribution < 1.29 is 0 Å². The molecule has 0 spiro atoms. The standard InChI is InChI=1S/C12H18BrN3/c1-16-4-2-8(3-5-16)9-6-14-10-7-15-12(13)11(9)10/h7-9,14-15H,2-6H2,1H3. The van der Waals surface area contributed by atoms with Gasteiger partial charge in [-0.2, -0.15) is 0 Å². The van der Waals surface area contributed by atoms with Gasteiger partial charge in [-0.1, -0.05) is 0 Å². The Morgan fingerprint density at radius 3 is 2.88 bits per heavy atom. The van der Waals surface area contributed by atoms with Crippen molar-refractivity contribution in [3.8, 4) is 0 Å². The molecular weight excluding hydrogens is 266 g/mol. The fourth-order valence-electron chi connectivity index (χ4n) is 3.07. The predicted molar refractivity (Wildman–Crippen MR) is 69.9 cm³/mol. The van der Waals surface area contributed by atoms with Gasteiger partial charge in [0.2, 0.25) is 0 Å². The van der Waals surface area contributed by atoms with Crippen molar-refractivity contribution in [2.75, 3.05) is 32.0 Å². The number of hydrogen-bond donors (Lipinski definition) is 2. The van der Waals surface area contributed by atoms with E-state index in [2.05, 4.69) is 44.4 Å². The summed E-state index contributed by atoms with van der Waals surface area (Å²) in [4.78, 5) is 5.70. The Bertz CT molecular complexity index is 380. The average molecular weight is 284 g/mol. The number of likely N-dealkylation sites (tertiary alicyclic amines) is 1. The molecule has 0 aliphatic carbocycles. The van der Waals surface area contributed by atoms with Gasteiger partial charge >= 0.3 is 0 Å². The third-order valence-electron chi connectivity index (χ3n) is 4.09. The Morgan fingerprint density at radius 1 is 1.38 bits per heavy atom. The maximum atomic E-state index is 3.63. The molecule has 16 heavy (non-hydrogen) atoms. The lowest BCUT2D eigenvalue weighted by molar-refractivity contribution is 0.202. The fourth-order valence-corrected chi connectivity index (χ4v) is 3.70. The number of rotatable bonds is 1. The summed E-state index contributed by atoms with van der Waals surface area (Å²) < 4.78 is 1.18. The monoisotopic (exact) mass is 283 g/mol. The maximum Gasteiger partial charge on any atom is 0.0877 e. The number of fused-ring (bicyclic) bond motifs is 1. The highest BCUT2D eigenvalue weighted by Gasteiger charge is 2.33. The smallest absolute Gasteiger partial charge is 0.0877 e. The zero-order valence-corrected chi connectivity index (χ0v) is 11.2. The van der Waals surface area contributed by atoms with Crippen LogP contribution in [0.5, 0.6) is 0 Å². The van der Waals surface area contributed by atoms with Crippen LogP contribution in [-0.2, 0) is 0 Å². The third kappa shape index (κ3) is 1.68. The molecule has 2 aliphatic heterocycles. The van der Waals surface area contributed by atoms with E-state index in [0.29, 0.717) is 5.92 Å². The van der Waals surface area contributed by atoms with Gasteiger partial charge in [-0.25, -0.2) is 0 Å². The van der Waals surface area contributed by atoms with Crippen molar-refractivity contribution in [1.29, 1.82) is 0 Å². The van der Waals surface area contributed by atoms with E-state index in [9.17, 15) is 0 Å². The minimum atomic E-state index is 0.698. The lowest BCUT2D eigenvalue weighted by Gasteiger charge is -2.32. The van der Waals surface area contributed by atoms with Crippen LogP contribution < -0.4 is 5.32 Å². The van der Waals surface area contributed by atoms with Gasteiger partial charge in [0.05, 0.1) is 10.3 Å². The molecule has 1 saturated heterocycles. The molecular formula is C12H18BrN3. The van der Waals surface area contributed by atoms with Gasteiger partial charge in [0, 0.05) is 24.2 Å². The van der Waals surface area contributed by atoms with Crippen LogP contribution in [0, 0.1) is 5.92 Å². The normalized spacial score (nSPS) is 26.8. The summed E-state index contributed by atoms with van der Waals surface area (Å²) in [6.07, 6.45) is 4.74. The second-order valence-corrected chi connectivity index (χ2v) is 5.85. The summed E-state index contributed by atoms with van der Waals surface area (Å²) in [6, 6.07) is 0. The molecule has 0 saturated carbocycles. The van der Waals surface area contributed by atoms with Crippen LogP contribution in [0.4, 0.5) is 5.69 Å². The van der Waals surface area contributed by atoms with Gasteiger partial charge in [0.15, 0.2) is 0 Å². The first-order chi connectivity index (χ1) is 7.75. The number of H-pyrrole nitrogens is 1. The number of aromatic amines is 1. The van der Waals surface area contributed by atoms with Gasteiger partial charge in [-0.3, -0.25) is 0 Å². The topological polar surface area (TPSA) is 31.1 Å². The number of piperidine rings is 1. The van der Waals surface area contributed by atoms with Crippen molar-refractivity contribution in [3.63, 3.8) is 0 Å². The van der Waals surface area contributed by atoms with Crippen LogP contribution in [0.15, 0.2) is 10.8 Å². The Kier molecular flexibility index (Phi) is 2.72. The molecule has 1 fully saturated rings. The largest absolute Gasteiger partial charge is 0.383 e. The van der Waals surface area contributed by atoms with Gasteiger partial charge in [0.25, 0.3) is 0 Å². The molecule has 3 rings (SSSR count). The molecule has 3 nitrogen and oxygen atoms in total. The number of nitrogens with one attached hydrogen (secondary N) is 2. The van der Waals surface area contributed by atoms with Crippen molar-refractivity contribution in [3.05, 3.63) is 16.4 Å². The Hall–Kier alpha value is -0.480. The van der Waals surface area contributed by atoms with Crippen LogP contribution in [-0.4, -0.2) is 36.6 Å². The van der Waals surface area contributed by atoms with Crippen LogP contribution >= 0.6 is 15.9 Å². The first-order valence-electron chi connectivity index (χ1n) is 6.05. The van der Waals surface area contributed by atoms with E-state index in [1.165, 1.54) is 41.8 Å². The van der Waals surface area contributed by atoms with E-state index in [4.69, 9.17) is 0 Å². The molecule has 1 aromatic heterocycles. The molecule has 0 radical (unpaired) electrons. The van der Waals surface area contributed by atoms with Crippen molar-refractivity contribution in [2.45, 2.75) is 18.8 Å². The van der Waals surface area contributed by atoms with E-state index >= 15 is 0 Å². The summed E-state index contributed by atoms with van der Waals surface area (Å²) in [5, 5.41) is 3.50. The SMILES string of the molecule is CN1CCC(C2CNc3c[nH]c(Br)c32)CC1. The van der Waals surface area contributed by atoms with Crippen molar-refractivity contribution in [1.82, 2.24) is 9.88 Å². The summed E-state index contributed by atoms with van der Waals surface area (Å²) >= 11 is 3.63. The van der Waals surface area contributed by atoms with E-state index in [1.807, 2.05) is 0 Å². The quantitative estimate of drug-likeness (QED) is 0.830. The highest BCUT2D eigenvalue weighted by atomic mass is 79.9. The molecule has 0 aromatic carbocycles. The summed E-state index contributed by atoms with van der Waals surface area (Å²) in [6.45, 7) is 3.61. The zero-order chi connectivity index (χ0) is 11.1. The van der Waals surface area contributed by atoms with Crippen LogP contribution in [0.25, 0.3) is 0 Å². The van der Waals surface area contributed by atoms with Crippen molar-refractivity contribution in [2.24, 2.45) is 5.92 Å². The maximum absolute atomic E-state index is 3.63. The Morgan fingerprint density at radius 2 is 2.12 bits per heavy atom. The second-order valence-electron chi connectivity index (χ2n) is 5.06. The molecule has 0 amide bonds. The van der Waals surface area contributed by atoms with E-state index in [1.54, 1.807) is 0 Å². The van der Waals surface area contributed by atoms with Gasteiger partial charge < -0.3 is 15.2 Å². The van der Waals surface area contributed by atoms with Gasteiger partial charge in [-0.15, -0.1) is 0 Å². The molecule has 1 unspecified atom stereocenters. The van der Waals surface area contributed by atoms with Gasteiger partial charge in [0.1, 0.15) is 0 Å². The zero-order valence-electron chi connectivity index (χ0n) is 9.59. The van der Waals surface area contributed by atoms with Crippen LogP contribution in [0.2, 0.25) is 0 Å². The first kappa shape index (κ1) is 10.7. The predicted octanol–water partition coefficient (Wildman–Crippen LogP) is 2.63. The lowest BCUT2D eigenvalue weighted by Crippen LogP contribution is -2.33. The Labute approximate surface area is 105 Å². The number of hydrogen-bond acceptors (Lipinski definition) is 2. The van der Waals surface area contributed by atoms with Crippen LogP contribution in [0.3, 0.4) is 0 Å². The number of aromatic nitrogens is 1. The molecule has 1 aromatic rings. The molecule has 3 heterocycles. The minimum Gasteiger partial charge on any atom is -0.383 e. The molecule has 0 bridgehead atoms. The first-order valence-corrected chi connectivity index (χ1v) is 6.84. The molecule has 2 aliphatic rings. The Balaban J connectivity index is 1.79. The highest BCUT2D eigenvalue weighted by molar-refractivity contribution is 9.10. The summed E-state index contributed by atoms with van der Waals surface area (Å²) in [7, 11) is 2.22. The minimum absolute atomic E-state index is 0.698. The highest BCUT2D eigenvalue weighted by Crippen LogP contribution is 2.43. The summed E-state index contributed by atoms with van der Waals surface area (Å²) in [5.74, 6) is 1.54.